The molecule has 0 saturated heterocycles. The number of Topliss-reactive ketones (excluding diaryl/α,β-unsaturated/α-hetero) is 1. The Hall–Kier alpha value is -3.46. The zero-order valence-electron chi connectivity index (χ0n) is 19.1. The summed E-state index contributed by atoms with van der Waals surface area (Å²) in [6.07, 6.45) is 0. The van der Waals surface area contributed by atoms with E-state index in [9.17, 15) is 14.7 Å². The van der Waals surface area contributed by atoms with E-state index in [0.717, 1.165) is 4.90 Å². The van der Waals surface area contributed by atoms with Gasteiger partial charge in [0.2, 0.25) is 17.4 Å². The van der Waals surface area contributed by atoms with E-state index in [1.807, 2.05) is 14.1 Å². The van der Waals surface area contributed by atoms with Crippen molar-refractivity contribution in [1.29, 1.82) is 0 Å². The molecule has 172 valence electrons. The van der Waals surface area contributed by atoms with Gasteiger partial charge in [0.15, 0.2) is 17.3 Å². The zero-order valence-corrected chi connectivity index (χ0v) is 19.1. The molecule has 9 nitrogen and oxygen atoms in total. The van der Waals surface area contributed by atoms with Crippen LogP contribution >= 0.6 is 0 Å². The Bertz CT molecular complexity index is 1030. The molecule has 0 saturated carbocycles. The topological polar surface area (TPSA) is 106 Å². The molecule has 1 aromatic carbocycles. The van der Waals surface area contributed by atoms with Gasteiger partial charge in [-0.3, -0.25) is 9.59 Å². The fourth-order valence-corrected chi connectivity index (χ4v) is 3.74. The molecular formula is C23H28N2O7. The van der Waals surface area contributed by atoms with Crippen molar-refractivity contribution in [3.05, 3.63) is 52.7 Å². The van der Waals surface area contributed by atoms with Gasteiger partial charge in [-0.2, -0.15) is 0 Å². The minimum atomic E-state index is -0.916. The Morgan fingerprint density at radius 3 is 2.22 bits per heavy atom. The van der Waals surface area contributed by atoms with E-state index in [1.165, 1.54) is 32.3 Å². The average molecular weight is 444 g/mol. The number of carbonyl (C=O) groups excluding carboxylic acids is 2. The van der Waals surface area contributed by atoms with Crippen molar-refractivity contribution in [2.75, 3.05) is 48.5 Å². The Balaban J connectivity index is 2.18. The number of hydrogen-bond acceptors (Lipinski definition) is 7. The first-order valence-electron chi connectivity index (χ1n) is 10.2. The molecule has 1 amide bonds. The van der Waals surface area contributed by atoms with E-state index in [0.29, 0.717) is 35.1 Å². The summed E-state index contributed by atoms with van der Waals surface area (Å²) < 4.78 is 21.7. The van der Waals surface area contributed by atoms with Crippen LogP contribution in [0.1, 0.15) is 27.9 Å². The molecule has 0 radical (unpaired) electrons. The molecule has 3 rings (SSSR count). The van der Waals surface area contributed by atoms with Crippen LogP contribution in [-0.4, -0.2) is 65.1 Å². The Kier molecular flexibility index (Phi) is 6.78. The van der Waals surface area contributed by atoms with E-state index in [4.69, 9.17) is 18.6 Å². The summed E-state index contributed by atoms with van der Waals surface area (Å²) in [5.41, 5.74) is 0.339. The molecule has 0 fully saturated rings. The molecule has 1 N–H and O–H groups in total. The van der Waals surface area contributed by atoms with Crippen LogP contribution in [0.25, 0.3) is 0 Å². The van der Waals surface area contributed by atoms with Crippen LogP contribution in [0.5, 0.6) is 17.2 Å². The van der Waals surface area contributed by atoms with Crippen molar-refractivity contribution in [2.24, 2.45) is 0 Å². The Labute approximate surface area is 186 Å². The normalized spacial score (nSPS) is 16.2. The Morgan fingerprint density at radius 2 is 1.75 bits per heavy atom. The van der Waals surface area contributed by atoms with Crippen LogP contribution in [0.4, 0.5) is 0 Å². The van der Waals surface area contributed by atoms with Gasteiger partial charge in [-0.05, 0) is 42.5 Å². The second-order valence-electron chi connectivity index (χ2n) is 7.80. The third kappa shape index (κ3) is 4.16. The van der Waals surface area contributed by atoms with Crippen molar-refractivity contribution in [1.82, 2.24) is 4.90 Å². The lowest BCUT2D eigenvalue weighted by molar-refractivity contribution is -0.857. The quantitative estimate of drug-likeness (QED) is 0.549. The van der Waals surface area contributed by atoms with Crippen molar-refractivity contribution >= 4 is 11.7 Å². The van der Waals surface area contributed by atoms with Crippen LogP contribution in [0, 0.1) is 6.92 Å². The standard InChI is InChI=1S/C23H28N2O7/c1-13-7-8-15(32-13)20(26)18-19(25(10-9-24(2)3)23(28)21(18)27)14-11-16(29-4)22(31-6)17(12-14)30-5/h7-8,11-12,19,27H,9-10H2,1-6H3. The van der Waals surface area contributed by atoms with Crippen LogP contribution in [-0.2, 0) is 4.79 Å². The second-order valence-corrected chi connectivity index (χ2v) is 7.80. The van der Waals surface area contributed by atoms with Gasteiger partial charge in [-0.25, -0.2) is 0 Å². The maximum Gasteiger partial charge on any atom is 0.240 e. The van der Waals surface area contributed by atoms with Gasteiger partial charge < -0.3 is 33.5 Å². The van der Waals surface area contributed by atoms with Gasteiger partial charge >= 0.3 is 0 Å². The number of carbonyl (C=O) groups is 2. The lowest BCUT2D eigenvalue weighted by atomic mass is 9.94. The minimum Gasteiger partial charge on any atom is -0.868 e. The number of quaternary nitrogens is 1. The molecule has 0 spiro atoms. The number of methoxy groups -OCH3 is 3. The average Bonchev–Trinajstić information content (AvgIpc) is 3.32. The molecule has 1 aliphatic rings. The molecular weight excluding hydrogens is 416 g/mol. The number of rotatable bonds is 9. The number of benzene rings is 1. The van der Waals surface area contributed by atoms with Crippen molar-refractivity contribution in [2.45, 2.75) is 13.0 Å². The number of amides is 1. The molecule has 0 bridgehead atoms. The molecule has 1 atom stereocenters. The number of hydrogen-bond donors (Lipinski definition) is 1. The number of ketones is 1. The highest BCUT2D eigenvalue weighted by atomic mass is 16.5. The first-order chi connectivity index (χ1) is 15.2. The van der Waals surface area contributed by atoms with Crippen LogP contribution in [0.3, 0.4) is 0 Å². The number of ether oxygens (including phenoxy) is 3. The summed E-state index contributed by atoms with van der Waals surface area (Å²) in [5.74, 6) is -0.560. The number of likely N-dealkylation sites (N-methyl/N-ethyl adjacent to an activating group) is 1. The SMILES string of the molecule is COc1cc(C2C(C(=O)c3ccc(C)o3)=C([O-])C(=O)N2CC[NH+](C)C)cc(OC)c1OC. The minimum absolute atomic E-state index is 0.0103. The second kappa shape index (κ2) is 9.35. The summed E-state index contributed by atoms with van der Waals surface area (Å²) >= 11 is 0. The third-order valence-corrected chi connectivity index (χ3v) is 5.35. The molecule has 9 heteroatoms. The molecule has 32 heavy (non-hydrogen) atoms. The van der Waals surface area contributed by atoms with Gasteiger partial charge in [0.1, 0.15) is 5.76 Å². The summed E-state index contributed by atoms with van der Waals surface area (Å²) in [6, 6.07) is 5.51. The van der Waals surface area contributed by atoms with Gasteiger partial charge in [-0.1, -0.05) is 0 Å². The molecule has 1 unspecified atom stereocenters. The maximum absolute atomic E-state index is 13.3. The van der Waals surface area contributed by atoms with E-state index in [1.54, 1.807) is 25.1 Å². The van der Waals surface area contributed by atoms with Gasteiger partial charge in [0.25, 0.3) is 0 Å². The van der Waals surface area contributed by atoms with E-state index < -0.39 is 23.5 Å². The summed E-state index contributed by atoms with van der Waals surface area (Å²) in [4.78, 5) is 28.8. The van der Waals surface area contributed by atoms with Crippen LogP contribution in [0.15, 0.2) is 40.0 Å². The van der Waals surface area contributed by atoms with E-state index in [2.05, 4.69) is 0 Å². The summed E-state index contributed by atoms with van der Waals surface area (Å²) in [6.45, 7) is 2.56. The predicted molar refractivity (Wildman–Crippen MR) is 113 cm³/mol. The van der Waals surface area contributed by atoms with Crippen molar-refractivity contribution in [3.63, 3.8) is 0 Å². The molecule has 1 aliphatic heterocycles. The predicted octanol–water partition coefficient (Wildman–Crippen LogP) is 0.139. The number of aryl methyl sites for hydroxylation is 1. The highest BCUT2D eigenvalue weighted by Gasteiger charge is 2.41. The van der Waals surface area contributed by atoms with Crippen LogP contribution in [0.2, 0.25) is 0 Å². The number of nitrogens with zero attached hydrogens (tertiary/aromatic N) is 1. The first-order valence-corrected chi connectivity index (χ1v) is 10.2. The van der Waals surface area contributed by atoms with Crippen molar-refractivity contribution in [3.8, 4) is 17.2 Å². The summed E-state index contributed by atoms with van der Waals surface area (Å²) in [7, 11) is 8.31. The van der Waals surface area contributed by atoms with E-state index >= 15 is 0 Å². The molecule has 0 aliphatic carbocycles. The largest absolute Gasteiger partial charge is 0.868 e. The maximum atomic E-state index is 13.3. The lowest BCUT2D eigenvalue weighted by Gasteiger charge is -2.28. The highest BCUT2D eigenvalue weighted by molar-refractivity contribution is 6.14. The fourth-order valence-electron chi connectivity index (χ4n) is 3.74. The van der Waals surface area contributed by atoms with E-state index in [-0.39, 0.29) is 17.9 Å². The van der Waals surface area contributed by atoms with Gasteiger partial charge in [-0.15, -0.1) is 0 Å². The smallest absolute Gasteiger partial charge is 0.240 e. The fraction of sp³-hybridized carbons (Fsp3) is 0.391. The lowest BCUT2D eigenvalue weighted by Crippen LogP contribution is -3.06. The Morgan fingerprint density at radius 1 is 1.12 bits per heavy atom. The molecule has 1 aromatic heterocycles. The summed E-state index contributed by atoms with van der Waals surface area (Å²) in [5, 5.41) is 13.0. The third-order valence-electron chi connectivity index (χ3n) is 5.35. The highest BCUT2D eigenvalue weighted by Crippen LogP contribution is 2.45. The molecule has 2 aromatic rings. The van der Waals surface area contributed by atoms with Gasteiger partial charge in [0.05, 0.1) is 54.6 Å². The molecule has 2 heterocycles. The number of nitrogens with one attached hydrogen (secondary N) is 1. The first kappa shape index (κ1) is 23.2. The number of furan rings is 1. The van der Waals surface area contributed by atoms with Gasteiger partial charge in [0, 0.05) is 5.57 Å². The zero-order chi connectivity index (χ0) is 23.6. The van der Waals surface area contributed by atoms with Crippen molar-refractivity contribution < 1.29 is 38.2 Å². The monoisotopic (exact) mass is 444 g/mol. The van der Waals surface area contributed by atoms with Crippen LogP contribution < -0.4 is 24.2 Å².